The van der Waals surface area contributed by atoms with Crippen LogP contribution in [0.4, 0.5) is 0 Å². The second-order valence-electron chi connectivity index (χ2n) is 23.9. The first-order valence-electron chi connectivity index (χ1n) is 26.9. The van der Waals surface area contributed by atoms with Crippen LogP contribution in [0.2, 0.25) is 0 Å². The largest absolute Gasteiger partial charge is 0.0622 e. The van der Waals surface area contributed by atoms with Gasteiger partial charge in [0, 0.05) is 10.8 Å². The highest BCUT2D eigenvalue weighted by Gasteiger charge is 2.48. The summed E-state index contributed by atoms with van der Waals surface area (Å²) in [5.41, 5.74) is 31.3. The second-order valence-corrected chi connectivity index (χ2v) is 23.9. The molecule has 0 radical (unpaired) electrons. The Bertz CT molecular complexity index is 3720. The molecule has 0 fully saturated rings. The Hall–Kier alpha value is -7.80. The monoisotopic (exact) mass is 953 g/mol. The van der Waals surface area contributed by atoms with Crippen molar-refractivity contribution in [1.29, 1.82) is 0 Å². The molecule has 0 aromatic heterocycles. The molecule has 0 spiro atoms. The lowest BCUT2D eigenvalue weighted by Gasteiger charge is -2.45. The van der Waals surface area contributed by atoms with E-state index in [1.54, 1.807) is 5.56 Å². The smallest absolute Gasteiger partial charge is 0.0159 e. The van der Waals surface area contributed by atoms with Crippen LogP contribution in [-0.4, -0.2) is 0 Å². The first kappa shape index (κ1) is 46.0. The fourth-order valence-corrected chi connectivity index (χ4v) is 13.5. The van der Waals surface area contributed by atoms with Crippen LogP contribution >= 0.6 is 0 Å². The van der Waals surface area contributed by atoms with Crippen LogP contribution in [0, 0.1) is 0 Å². The first-order chi connectivity index (χ1) is 35.7. The van der Waals surface area contributed by atoms with Crippen molar-refractivity contribution in [3.63, 3.8) is 0 Å². The minimum Gasteiger partial charge on any atom is -0.0622 e. The normalized spacial score (nSPS) is 15.9. The molecule has 0 heteroatoms. The molecule has 0 unspecified atom stereocenters. The van der Waals surface area contributed by atoms with Crippen LogP contribution < -0.4 is 0 Å². The second kappa shape index (κ2) is 16.9. The van der Waals surface area contributed by atoms with E-state index in [1.165, 1.54) is 128 Å². The molecule has 0 aliphatic heterocycles. The summed E-state index contributed by atoms with van der Waals surface area (Å²) in [6, 6.07) is 82.4. The summed E-state index contributed by atoms with van der Waals surface area (Å²) in [6.07, 6.45) is 2.32. The molecule has 0 nitrogen and oxygen atoms in total. The van der Waals surface area contributed by atoms with Gasteiger partial charge in [-0.1, -0.05) is 207 Å². The number of rotatable bonds is 7. The molecule has 10 aromatic rings. The van der Waals surface area contributed by atoms with Gasteiger partial charge in [-0.15, -0.1) is 0 Å². The maximum absolute atomic E-state index is 2.67. The molecule has 0 bridgehead atoms. The Kier molecular flexibility index (Phi) is 10.5. The van der Waals surface area contributed by atoms with Crippen molar-refractivity contribution in [2.24, 2.45) is 0 Å². The Morgan fingerprint density at radius 2 is 0.541 bits per heavy atom. The lowest BCUT2D eigenvalue weighted by Crippen LogP contribution is -2.35. The average molecular weight is 953 g/mol. The summed E-state index contributed by atoms with van der Waals surface area (Å²) < 4.78 is 0. The van der Waals surface area contributed by atoms with Gasteiger partial charge in [0.25, 0.3) is 0 Å². The van der Waals surface area contributed by atoms with Gasteiger partial charge in [0.15, 0.2) is 0 Å². The highest BCUT2D eigenvalue weighted by Crippen LogP contribution is 2.63. The fourth-order valence-electron chi connectivity index (χ4n) is 13.5. The van der Waals surface area contributed by atoms with E-state index >= 15 is 0 Å². The van der Waals surface area contributed by atoms with E-state index in [2.05, 4.69) is 274 Å². The van der Waals surface area contributed by atoms with Crippen LogP contribution in [0.1, 0.15) is 102 Å². The summed E-state index contributed by atoms with van der Waals surface area (Å²) >= 11 is 0. The third kappa shape index (κ3) is 7.32. The highest BCUT2D eigenvalue weighted by atomic mass is 14.5. The molecule has 0 heterocycles. The van der Waals surface area contributed by atoms with Gasteiger partial charge < -0.3 is 0 Å². The van der Waals surface area contributed by atoms with E-state index in [0.29, 0.717) is 0 Å². The van der Waals surface area contributed by atoms with E-state index in [9.17, 15) is 0 Å². The molecule has 0 atom stereocenters. The van der Waals surface area contributed by atoms with Crippen LogP contribution in [0.5, 0.6) is 0 Å². The molecule has 0 amide bonds. The van der Waals surface area contributed by atoms with Gasteiger partial charge in [0.05, 0.1) is 0 Å². The van der Waals surface area contributed by atoms with Crippen molar-refractivity contribution in [3.8, 4) is 100 Å². The molecule has 0 saturated carbocycles. The Labute approximate surface area is 439 Å². The molecule has 0 N–H and O–H groups in total. The highest BCUT2D eigenvalue weighted by molar-refractivity contribution is 6.01. The van der Waals surface area contributed by atoms with E-state index in [4.69, 9.17) is 0 Å². The third-order valence-electron chi connectivity index (χ3n) is 17.6. The summed E-state index contributed by atoms with van der Waals surface area (Å²) in [5.74, 6) is 0. The lowest BCUT2D eigenvalue weighted by atomic mass is 9.59. The molecule has 10 aromatic carbocycles. The minimum absolute atomic E-state index is 0.00407. The van der Waals surface area contributed by atoms with Crippen molar-refractivity contribution in [3.05, 3.63) is 252 Å². The van der Waals surface area contributed by atoms with Gasteiger partial charge in [-0.2, -0.15) is 0 Å². The number of fused-ring (bicyclic) bond motifs is 8. The maximum atomic E-state index is 2.67. The molecule has 74 heavy (non-hydrogen) atoms. The maximum Gasteiger partial charge on any atom is 0.0159 e. The summed E-state index contributed by atoms with van der Waals surface area (Å²) in [6.45, 7) is 20.0. The van der Waals surface area contributed by atoms with Gasteiger partial charge in [-0.25, -0.2) is 0 Å². The SMILES string of the molecule is CC1(C)CCC(C)(C)c2c3c(cc(-c4ccccc4)c21)C(C)(C)c1cc2c(cc1-3)C(C)(C)c1cc(-c3cc(-c4ccccc4)cc(-c4ccccc4)c3)cc(-c3cc(-c4ccccc4)cc(-c4ccccc4)c3)c1-2. The van der Waals surface area contributed by atoms with Crippen molar-refractivity contribution < 1.29 is 0 Å². The topological polar surface area (TPSA) is 0 Å². The third-order valence-corrected chi connectivity index (χ3v) is 17.6. The van der Waals surface area contributed by atoms with Crippen molar-refractivity contribution in [1.82, 2.24) is 0 Å². The van der Waals surface area contributed by atoms with E-state index < -0.39 is 0 Å². The van der Waals surface area contributed by atoms with Gasteiger partial charge in [-0.3, -0.25) is 0 Å². The summed E-state index contributed by atoms with van der Waals surface area (Å²) in [4.78, 5) is 0. The zero-order valence-corrected chi connectivity index (χ0v) is 44.2. The van der Waals surface area contributed by atoms with E-state index in [1.807, 2.05) is 0 Å². The van der Waals surface area contributed by atoms with Crippen LogP contribution in [0.25, 0.3) is 100 Å². The molecule has 3 aliphatic carbocycles. The Morgan fingerprint density at radius 1 is 0.230 bits per heavy atom. The molecule has 13 rings (SSSR count). The van der Waals surface area contributed by atoms with Gasteiger partial charge in [0.2, 0.25) is 0 Å². The lowest BCUT2D eigenvalue weighted by molar-refractivity contribution is 0.333. The van der Waals surface area contributed by atoms with Crippen LogP contribution in [-0.2, 0) is 21.7 Å². The predicted octanol–water partition coefficient (Wildman–Crippen LogP) is 20.3. The first-order valence-corrected chi connectivity index (χ1v) is 26.9. The van der Waals surface area contributed by atoms with E-state index in [-0.39, 0.29) is 21.7 Å². The molecular formula is C74H64. The standard InChI is InChI=1S/C74H64/c1-71(2)34-35-72(3,4)70-68-62-46-63-61(45-64(62)74(7,8)66(68)44-60(69(70)71)51-32-22-13-23-33-51)67-59(58-40-54(49-28-18-11-19-29-49)37-55(41-58)50-30-20-12-21-31-50)42-57(43-65(67)73(63,5)6)56-38-52(47-24-14-9-15-25-47)36-53(39-56)48-26-16-10-17-27-48/h9-33,36-46H,34-35H2,1-8H3. The molecule has 360 valence electrons. The minimum atomic E-state index is -0.311. The zero-order chi connectivity index (χ0) is 50.7. The van der Waals surface area contributed by atoms with Gasteiger partial charge >= 0.3 is 0 Å². The summed E-state index contributed by atoms with van der Waals surface area (Å²) in [5, 5.41) is 0. The predicted molar refractivity (Wildman–Crippen MR) is 315 cm³/mol. The average Bonchev–Trinajstić information content (AvgIpc) is 3.88. The number of hydrogen-bond acceptors (Lipinski definition) is 0. The Balaban J connectivity index is 1.10. The number of benzene rings is 10. The Morgan fingerprint density at radius 3 is 0.959 bits per heavy atom. The van der Waals surface area contributed by atoms with E-state index in [0.717, 1.165) is 12.8 Å². The van der Waals surface area contributed by atoms with Gasteiger partial charge in [0.1, 0.15) is 0 Å². The van der Waals surface area contributed by atoms with Crippen molar-refractivity contribution >= 4 is 0 Å². The fraction of sp³-hybridized carbons (Fsp3) is 0.189. The molecule has 0 saturated heterocycles. The molecular weight excluding hydrogens is 889 g/mol. The van der Waals surface area contributed by atoms with Gasteiger partial charge in [-0.05, 0) is 224 Å². The van der Waals surface area contributed by atoms with Crippen molar-refractivity contribution in [2.75, 3.05) is 0 Å². The van der Waals surface area contributed by atoms with Crippen LogP contribution in [0.3, 0.4) is 0 Å². The molecule has 3 aliphatic rings. The van der Waals surface area contributed by atoms with Crippen LogP contribution in [0.15, 0.2) is 218 Å². The zero-order valence-electron chi connectivity index (χ0n) is 44.2. The quantitative estimate of drug-likeness (QED) is 0.149. The summed E-state index contributed by atoms with van der Waals surface area (Å²) in [7, 11) is 0. The van der Waals surface area contributed by atoms with Crippen molar-refractivity contribution in [2.45, 2.75) is 89.9 Å². The number of hydrogen-bond donors (Lipinski definition) is 0.